The first kappa shape index (κ1) is 20.8. The molecule has 0 aromatic heterocycles. The molecule has 1 amide bonds. The van der Waals surface area contributed by atoms with Gasteiger partial charge < -0.3 is 15.1 Å². The van der Waals surface area contributed by atoms with Crippen LogP contribution < -0.4 is 0 Å². The number of carboxylic acids is 1. The van der Waals surface area contributed by atoms with Crippen molar-refractivity contribution >= 4 is 11.9 Å². The summed E-state index contributed by atoms with van der Waals surface area (Å²) in [6.07, 6.45) is 9.63. The summed E-state index contributed by atoms with van der Waals surface area (Å²) < 4.78 is 12.9. The summed E-state index contributed by atoms with van der Waals surface area (Å²) in [4.78, 5) is 24.3. The molecule has 0 radical (unpaired) electrons. The largest absolute Gasteiger partial charge is 0.481 e. The third-order valence-corrected chi connectivity index (χ3v) is 4.52. The summed E-state index contributed by atoms with van der Waals surface area (Å²) in [5, 5.41) is 18.8. The van der Waals surface area contributed by atoms with Gasteiger partial charge in [0.2, 0.25) is 5.91 Å². The van der Waals surface area contributed by atoms with Crippen LogP contribution in [0.1, 0.15) is 37.7 Å². The Morgan fingerprint density at radius 2 is 2.04 bits per heavy atom. The van der Waals surface area contributed by atoms with Crippen molar-refractivity contribution in [2.24, 2.45) is 0 Å². The normalized spacial score (nSPS) is 18.7. The number of carbonyl (C=O) groups excluding carboxylic acids is 1. The van der Waals surface area contributed by atoms with Gasteiger partial charge in [0.25, 0.3) is 0 Å². The molecule has 1 fully saturated rings. The van der Waals surface area contributed by atoms with Crippen molar-refractivity contribution in [3.63, 3.8) is 0 Å². The molecule has 1 aromatic carbocycles. The average molecular weight is 375 g/mol. The lowest BCUT2D eigenvalue weighted by molar-refractivity contribution is -0.137. The number of hydrogen-bond donors (Lipinski definition) is 2. The highest BCUT2D eigenvalue weighted by molar-refractivity contribution is 5.79. The molecule has 1 aliphatic heterocycles. The lowest BCUT2D eigenvalue weighted by Gasteiger charge is -2.21. The molecule has 2 atom stereocenters. The molecular weight excluding hydrogens is 349 g/mol. The van der Waals surface area contributed by atoms with E-state index in [-0.39, 0.29) is 24.2 Å². The van der Waals surface area contributed by atoms with Crippen LogP contribution in [0.3, 0.4) is 0 Å². The fourth-order valence-electron chi connectivity index (χ4n) is 3.06. The Balaban J connectivity index is 1.81. The zero-order valence-corrected chi connectivity index (χ0v) is 15.3. The maximum absolute atomic E-state index is 12.9. The van der Waals surface area contributed by atoms with Crippen molar-refractivity contribution in [3.05, 3.63) is 60.0 Å². The minimum Gasteiger partial charge on any atom is -0.481 e. The SMILES string of the molecule is O=C(O)CCC/C=C/CN1C(=O)CC[C@@H]1/C=C/[C@@H](O)Cc1ccc(F)cc1. The summed E-state index contributed by atoms with van der Waals surface area (Å²) in [6, 6.07) is 5.97. The molecule has 1 heterocycles. The van der Waals surface area contributed by atoms with Crippen molar-refractivity contribution in [1.29, 1.82) is 0 Å². The second kappa shape index (κ2) is 10.6. The molecule has 0 saturated carbocycles. The zero-order valence-electron chi connectivity index (χ0n) is 15.3. The number of amides is 1. The lowest BCUT2D eigenvalue weighted by atomic mass is 10.1. The predicted molar refractivity (Wildman–Crippen MR) is 101 cm³/mol. The van der Waals surface area contributed by atoms with Crippen LogP contribution in [0, 0.1) is 5.82 Å². The zero-order chi connectivity index (χ0) is 19.6. The third kappa shape index (κ3) is 7.35. The Bertz CT molecular complexity index is 684. The van der Waals surface area contributed by atoms with Gasteiger partial charge in [-0.2, -0.15) is 0 Å². The van der Waals surface area contributed by atoms with Crippen molar-refractivity contribution in [3.8, 4) is 0 Å². The fraction of sp³-hybridized carbons (Fsp3) is 0.429. The van der Waals surface area contributed by atoms with Crippen molar-refractivity contribution in [1.82, 2.24) is 4.90 Å². The van der Waals surface area contributed by atoms with Gasteiger partial charge >= 0.3 is 5.97 Å². The molecule has 27 heavy (non-hydrogen) atoms. The van der Waals surface area contributed by atoms with Gasteiger partial charge in [-0.1, -0.05) is 36.4 Å². The number of rotatable bonds is 10. The number of carboxylic acid groups (broad SMARTS) is 1. The van der Waals surface area contributed by atoms with Gasteiger partial charge in [-0.3, -0.25) is 9.59 Å². The minimum absolute atomic E-state index is 0.0518. The number of benzene rings is 1. The number of nitrogens with zero attached hydrogens (tertiary/aromatic N) is 1. The highest BCUT2D eigenvalue weighted by Gasteiger charge is 2.28. The van der Waals surface area contributed by atoms with E-state index in [9.17, 15) is 19.1 Å². The highest BCUT2D eigenvalue weighted by Crippen LogP contribution is 2.20. The van der Waals surface area contributed by atoms with E-state index in [0.29, 0.717) is 38.6 Å². The van der Waals surface area contributed by atoms with E-state index >= 15 is 0 Å². The highest BCUT2D eigenvalue weighted by atomic mass is 19.1. The number of aliphatic hydroxyl groups excluding tert-OH is 1. The topological polar surface area (TPSA) is 77.8 Å². The van der Waals surface area contributed by atoms with Crippen molar-refractivity contribution in [2.45, 2.75) is 50.7 Å². The van der Waals surface area contributed by atoms with Crippen molar-refractivity contribution < 1.29 is 24.2 Å². The molecule has 1 aromatic rings. The fourth-order valence-corrected chi connectivity index (χ4v) is 3.06. The number of carbonyl (C=O) groups is 2. The molecule has 0 bridgehead atoms. The quantitative estimate of drug-likeness (QED) is 0.487. The summed E-state index contributed by atoms with van der Waals surface area (Å²) in [5.41, 5.74) is 0.845. The first-order valence-corrected chi connectivity index (χ1v) is 9.23. The number of likely N-dealkylation sites (tertiary alicyclic amines) is 1. The number of unbranched alkanes of at least 4 members (excludes halogenated alkanes) is 1. The first-order chi connectivity index (χ1) is 13.0. The molecule has 2 rings (SSSR count). The van der Waals surface area contributed by atoms with Gasteiger partial charge in [0, 0.05) is 25.8 Å². The number of hydrogen-bond acceptors (Lipinski definition) is 3. The Morgan fingerprint density at radius 1 is 1.30 bits per heavy atom. The van der Waals surface area contributed by atoms with E-state index in [1.807, 2.05) is 18.2 Å². The molecule has 0 spiro atoms. The molecule has 0 unspecified atom stereocenters. The van der Waals surface area contributed by atoms with Gasteiger partial charge in [-0.25, -0.2) is 4.39 Å². The van der Waals surface area contributed by atoms with Crippen LogP contribution in [0.15, 0.2) is 48.6 Å². The van der Waals surface area contributed by atoms with E-state index in [1.165, 1.54) is 12.1 Å². The molecule has 2 N–H and O–H groups in total. The Kier molecular flexibility index (Phi) is 8.20. The summed E-state index contributed by atoms with van der Waals surface area (Å²) in [6.45, 7) is 0.481. The predicted octanol–water partition coefficient (Wildman–Crippen LogP) is 3.09. The minimum atomic E-state index is -0.803. The number of allylic oxidation sites excluding steroid dienone is 1. The monoisotopic (exact) mass is 375 g/mol. The maximum Gasteiger partial charge on any atom is 0.303 e. The van der Waals surface area contributed by atoms with Crippen LogP contribution in [0.25, 0.3) is 0 Å². The molecule has 5 nitrogen and oxygen atoms in total. The van der Waals surface area contributed by atoms with Crippen LogP contribution in [0.4, 0.5) is 4.39 Å². The number of aliphatic carboxylic acids is 1. The van der Waals surface area contributed by atoms with Gasteiger partial charge in [0.15, 0.2) is 0 Å². The standard InChI is InChI=1S/C21H26FNO4/c22-17-8-6-16(7-9-17)15-19(24)12-10-18-11-13-20(25)23(18)14-4-2-1-3-5-21(26)27/h2,4,6-10,12,18-19,24H,1,3,5,11,13-15H2,(H,26,27)/b4-2+,12-10+/t18-,19+/m0/s1. The van der Waals surface area contributed by atoms with Crippen LogP contribution >= 0.6 is 0 Å². The van der Waals surface area contributed by atoms with Gasteiger partial charge in [-0.05, 0) is 37.0 Å². The van der Waals surface area contributed by atoms with Crippen LogP contribution in [-0.2, 0) is 16.0 Å². The van der Waals surface area contributed by atoms with Gasteiger partial charge in [-0.15, -0.1) is 0 Å². The van der Waals surface area contributed by atoms with Gasteiger partial charge in [0.1, 0.15) is 5.82 Å². The molecule has 1 aliphatic rings. The van der Waals surface area contributed by atoms with Gasteiger partial charge in [0.05, 0.1) is 12.1 Å². The average Bonchev–Trinajstić information content (AvgIpc) is 2.98. The maximum atomic E-state index is 12.9. The molecular formula is C21H26FNO4. The van der Waals surface area contributed by atoms with Crippen molar-refractivity contribution in [2.75, 3.05) is 6.54 Å². The number of halogens is 1. The summed E-state index contributed by atoms with van der Waals surface area (Å²) in [5.74, 6) is -1.03. The smallest absolute Gasteiger partial charge is 0.303 e. The van der Waals surface area contributed by atoms with Crippen LogP contribution in [0.5, 0.6) is 0 Å². The Labute approximate surface area is 158 Å². The Hall–Kier alpha value is -2.47. The summed E-state index contributed by atoms with van der Waals surface area (Å²) in [7, 11) is 0. The van der Waals surface area contributed by atoms with Crippen LogP contribution in [0.2, 0.25) is 0 Å². The molecule has 146 valence electrons. The van der Waals surface area contributed by atoms with E-state index in [4.69, 9.17) is 5.11 Å². The summed E-state index contributed by atoms with van der Waals surface area (Å²) >= 11 is 0. The van der Waals surface area contributed by atoms with Crippen LogP contribution in [-0.4, -0.2) is 45.7 Å². The second-order valence-corrected chi connectivity index (χ2v) is 6.69. The first-order valence-electron chi connectivity index (χ1n) is 9.23. The van der Waals surface area contributed by atoms with E-state index < -0.39 is 12.1 Å². The molecule has 1 saturated heterocycles. The number of aliphatic hydroxyl groups is 1. The molecule has 6 heteroatoms. The lowest BCUT2D eigenvalue weighted by Crippen LogP contribution is -2.32. The van der Waals surface area contributed by atoms with E-state index in [1.54, 1.807) is 23.1 Å². The molecule has 0 aliphatic carbocycles. The second-order valence-electron chi connectivity index (χ2n) is 6.69. The third-order valence-electron chi connectivity index (χ3n) is 4.52. The van der Waals surface area contributed by atoms with E-state index in [2.05, 4.69) is 0 Å². The van der Waals surface area contributed by atoms with E-state index in [0.717, 1.165) is 5.56 Å². The Morgan fingerprint density at radius 3 is 2.74 bits per heavy atom.